The summed E-state index contributed by atoms with van der Waals surface area (Å²) in [5, 5.41) is 4.20. The fraction of sp³-hybridized carbons (Fsp3) is 0.517. The molecule has 0 spiro atoms. The number of carbonyl (C=O) groups excluding carboxylic acids is 1. The van der Waals surface area contributed by atoms with Crippen LogP contribution in [-0.4, -0.2) is 70.7 Å². The molecule has 214 valence electrons. The molecule has 3 aromatic rings. The van der Waals surface area contributed by atoms with E-state index in [1.807, 2.05) is 16.7 Å². The number of anilines is 2. The summed E-state index contributed by atoms with van der Waals surface area (Å²) >= 11 is 2.02. The highest BCUT2D eigenvalue weighted by Gasteiger charge is 2.30. The highest BCUT2D eigenvalue weighted by molar-refractivity contribution is 7.99. The number of pyridine rings is 1. The van der Waals surface area contributed by atoms with E-state index in [9.17, 15) is 4.79 Å². The fourth-order valence-electron chi connectivity index (χ4n) is 5.78. The maximum absolute atomic E-state index is 13.3. The zero-order valence-corrected chi connectivity index (χ0v) is 28.7. The van der Waals surface area contributed by atoms with Gasteiger partial charge in [0.25, 0.3) is 0 Å². The van der Waals surface area contributed by atoms with E-state index in [2.05, 4.69) is 108 Å². The van der Waals surface area contributed by atoms with Gasteiger partial charge in [0.2, 0.25) is 0 Å². The average Bonchev–Trinajstić information content (AvgIpc) is 3.52. The van der Waals surface area contributed by atoms with Gasteiger partial charge in [-0.15, -0.1) is 27.7 Å². The monoisotopic (exact) mass is 613 g/mol. The van der Waals surface area contributed by atoms with Crippen molar-refractivity contribution in [2.75, 3.05) is 47.9 Å². The molecule has 2 saturated heterocycles. The van der Waals surface area contributed by atoms with Crippen LogP contribution in [0.2, 0.25) is 0 Å². The summed E-state index contributed by atoms with van der Waals surface area (Å²) in [6, 6.07) is 6.59. The summed E-state index contributed by atoms with van der Waals surface area (Å²) in [7, 11) is 10.8. The second kappa shape index (κ2) is 11.8. The molecule has 2 fully saturated rings. The summed E-state index contributed by atoms with van der Waals surface area (Å²) in [6.07, 6.45) is 6.50. The first kappa shape index (κ1) is 30.2. The van der Waals surface area contributed by atoms with Gasteiger partial charge in [-0.1, -0.05) is 20.8 Å². The lowest BCUT2D eigenvalue weighted by Gasteiger charge is -2.29. The van der Waals surface area contributed by atoms with Gasteiger partial charge < -0.3 is 19.5 Å². The lowest BCUT2D eigenvalue weighted by Crippen LogP contribution is -2.34. The Bertz CT molecular complexity index is 1410. The Morgan fingerprint density at radius 1 is 1.15 bits per heavy atom. The molecule has 4 atom stereocenters. The second-order valence-corrected chi connectivity index (χ2v) is 18.0. The molecule has 1 aromatic carbocycles. The van der Waals surface area contributed by atoms with Crippen LogP contribution in [0, 0.1) is 12.8 Å². The summed E-state index contributed by atoms with van der Waals surface area (Å²) in [6.45, 7) is 12.4. The summed E-state index contributed by atoms with van der Waals surface area (Å²) in [4.78, 5) is 23.0. The normalized spacial score (nSPS) is 18.5. The van der Waals surface area contributed by atoms with E-state index in [0.717, 1.165) is 84.0 Å². The molecule has 40 heavy (non-hydrogen) atoms. The standard InChI is InChI=1S/C29H43BN5OP3S/c1-18-11-24(37)22(31-27(36)34-6-5-19(15-34)14-29(4,38)39)13-21(18)20-12-23(33-7-9-40-10-8-33)26-32-25(28(2,3)30)17-35(26)16-20/h11-13,16-17,19H,5-10,14-15,30,37-39H2,1-4H3,(H,31,36)/t19-/m0/s1. The van der Waals surface area contributed by atoms with Crippen molar-refractivity contribution in [3.05, 3.63) is 41.9 Å². The number of hydrogen-bond donors (Lipinski definition) is 1. The Morgan fingerprint density at radius 3 is 2.55 bits per heavy atom. The van der Waals surface area contributed by atoms with E-state index in [0.29, 0.717) is 5.92 Å². The van der Waals surface area contributed by atoms with E-state index >= 15 is 0 Å². The minimum absolute atomic E-state index is 0.0124. The minimum atomic E-state index is -0.0329. The second-order valence-electron chi connectivity index (χ2n) is 12.8. The smallest absolute Gasteiger partial charge is 0.321 e. The number of imidazole rings is 1. The third-order valence-electron chi connectivity index (χ3n) is 7.90. The predicted octanol–water partition coefficient (Wildman–Crippen LogP) is 4.94. The SMILES string of the molecule is BC(C)(C)c1cn2cc(-c3cc(NC(=O)N4CC[C@@H](CC(C)(P)P)C4)c(P)cc3C)cc(N3CCSCC3)c2n1. The van der Waals surface area contributed by atoms with Crippen LogP contribution < -0.4 is 15.5 Å². The predicted molar refractivity (Wildman–Crippen MR) is 187 cm³/mol. The van der Waals surface area contributed by atoms with Crippen molar-refractivity contribution in [3.8, 4) is 11.1 Å². The molecule has 5 rings (SSSR count). The first-order valence-corrected chi connectivity index (χ1v) is 17.1. The molecule has 2 aromatic heterocycles. The van der Waals surface area contributed by atoms with Gasteiger partial charge in [0, 0.05) is 55.6 Å². The van der Waals surface area contributed by atoms with Crippen LogP contribution in [0.3, 0.4) is 0 Å². The van der Waals surface area contributed by atoms with Gasteiger partial charge in [-0.05, 0) is 70.5 Å². The number of urea groups is 1. The Balaban J connectivity index is 1.48. The first-order valence-electron chi connectivity index (χ1n) is 14.2. The van der Waals surface area contributed by atoms with Crippen molar-refractivity contribution in [2.45, 2.75) is 50.7 Å². The Kier molecular flexibility index (Phi) is 8.86. The molecule has 2 aliphatic heterocycles. The lowest BCUT2D eigenvalue weighted by atomic mass is 9.70. The molecule has 0 saturated carbocycles. The van der Waals surface area contributed by atoms with Crippen LogP contribution in [0.25, 0.3) is 16.8 Å². The number of nitrogens with zero attached hydrogens (tertiary/aromatic N) is 4. The van der Waals surface area contributed by atoms with Crippen LogP contribution in [0.1, 0.15) is 44.9 Å². The van der Waals surface area contributed by atoms with Crippen molar-refractivity contribution < 1.29 is 4.79 Å². The quantitative estimate of drug-likeness (QED) is 0.316. The summed E-state index contributed by atoms with van der Waals surface area (Å²) in [5.41, 5.74) is 7.59. The van der Waals surface area contributed by atoms with Crippen molar-refractivity contribution in [2.24, 2.45) is 5.92 Å². The number of aryl methyl sites for hydroxylation is 1. The molecule has 4 heterocycles. The van der Waals surface area contributed by atoms with E-state index in [1.165, 1.54) is 11.3 Å². The van der Waals surface area contributed by atoms with Crippen LogP contribution in [0.5, 0.6) is 0 Å². The Labute approximate surface area is 251 Å². The number of rotatable bonds is 6. The molecule has 0 aliphatic carbocycles. The fourth-order valence-corrected chi connectivity index (χ4v) is 7.75. The zero-order valence-electron chi connectivity index (χ0n) is 24.5. The van der Waals surface area contributed by atoms with Gasteiger partial charge in [0.15, 0.2) is 5.65 Å². The van der Waals surface area contributed by atoms with E-state index < -0.39 is 0 Å². The largest absolute Gasteiger partial charge is 0.367 e. The topological polar surface area (TPSA) is 52.9 Å². The zero-order chi connectivity index (χ0) is 28.8. The third-order valence-corrected chi connectivity index (χ3v) is 9.79. The molecule has 6 nitrogen and oxygen atoms in total. The number of thioether (sulfide) groups is 1. The molecule has 2 amide bonds. The highest BCUT2D eigenvalue weighted by atomic mass is 32.2. The summed E-state index contributed by atoms with van der Waals surface area (Å²) < 4.78 is 2.20. The van der Waals surface area contributed by atoms with Crippen molar-refractivity contribution in [1.29, 1.82) is 0 Å². The number of fused-ring (bicyclic) bond motifs is 1. The molecule has 0 bridgehead atoms. The van der Waals surface area contributed by atoms with Gasteiger partial charge in [-0.2, -0.15) is 11.8 Å². The van der Waals surface area contributed by atoms with Crippen LogP contribution in [-0.2, 0) is 5.31 Å². The molecule has 1 N–H and O–H groups in total. The number of benzene rings is 1. The molecule has 11 heteroatoms. The number of nitrogens with one attached hydrogen (secondary N) is 1. The average molecular weight is 613 g/mol. The number of aromatic nitrogens is 2. The van der Waals surface area contributed by atoms with E-state index in [1.54, 1.807) is 0 Å². The molecule has 0 radical (unpaired) electrons. The minimum Gasteiger partial charge on any atom is -0.367 e. The Morgan fingerprint density at radius 2 is 1.88 bits per heavy atom. The van der Waals surface area contributed by atoms with Gasteiger partial charge in [0.1, 0.15) is 7.85 Å². The maximum Gasteiger partial charge on any atom is 0.321 e. The maximum atomic E-state index is 13.3. The van der Waals surface area contributed by atoms with Gasteiger partial charge in [-0.3, -0.25) is 0 Å². The van der Waals surface area contributed by atoms with Gasteiger partial charge in [0.05, 0.1) is 17.1 Å². The number of carbonyl (C=O) groups is 1. The van der Waals surface area contributed by atoms with Gasteiger partial charge >= 0.3 is 6.03 Å². The van der Waals surface area contributed by atoms with Crippen LogP contribution >= 0.6 is 39.5 Å². The van der Waals surface area contributed by atoms with Crippen LogP contribution in [0.4, 0.5) is 16.2 Å². The molecule has 2 aliphatic rings. The van der Waals surface area contributed by atoms with Crippen LogP contribution in [0.15, 0.2) is 30.6 Å². The molecular formula is C29H43BN5OP3S. The van der Waals surface area contributed by atoms with Crippen molar-refractivity contribution in [3.63, 3.8) is 0 Å². The first-order chi connectivity index (χ1) is 18.8. The van der Waals surface area contributed by atoms with Crippen molar-refractivity contribution in [1.82, 2.24) is 14.3 Å². The number of amides is 2. The number of likely N-dealkylation sites (tertiary alicyclic amines) is 1. The van der Waals surface area contributed by atoms with Gasteiger partial charge in [-0.25, -0.2) is 9.78 Å². The highest BCUT2D eigenvalue weighted by Crippen LogP contribution is 2.37. The van der Waals surface area contributed by atoms with E-state index in [-0.39, 0.29) is 16.2 Å². The summed E-state index contributed by atoms with van der Waals surface area (Å²) in [5.74, 6) is 2.79. The lowest BCUT2D eigenvalue weighted by molar-refractivity contribution is 0.220. The van der Waals surface area contributed by atoms with Crippen molar-refractivity contribution >= 4 is 75.7 Å². The Hall–Kier alpha value is -1.32. The molecular weight excluding hydrogens is 570 g/mol. The third kappa shape index (κ3) is 6.83. The number of hydrogen-bond acceptors (Lipinski definition) is 4. The molecule has 3 unspecified atom stereocenters. The van der Waals surface area contributed by atoms with E-state index in [4.69, 9.17) is 4.98 Å².